The molecule has 2 atom stereocenters. The third kappa shape index (κ3) is 3.72. The molecule has 0 bridgehead atoms. The van der Waals surface area contributed by atoms with Crippen molar-refractivity contribution in [1.29, 1.82) is 0 Å². The monoisotopic (exact) mass is 379 g/mol. The number of rotatable bonds is 3. The molecular formula is C16H18IN3. The maximum absolute atomic E-state index is 5.93. The molecule has 0 aromatic heterocycles. The van der Waals surface area contributed by atoms with E-state index in [-0.39, 0.29) is 24.0 Å². The van der Waals surface area contributed by atoms with E-state index < -0.39 is 0 Å². The van der Waals surface area contributed by atoms with E-state index in [1.807, 2.05) is 36.4 Å². The van der Waals surface area contributed by atoms with Crippen molar-refractivity contribution in [3.63, 3.8) is 0 Å². The SMILES string of the molecule is I.NC(=NC1CC1c1ccccc1)Nc1ccccc1. The smallest absolute Gasteiger partial charge is 0.193 e. The highest BCUT2D eigenvalue weighted by Crippen LogP contribution is 2.43. The average Bonchev–Trinajstić information content (AvgIpc) is 3.20. The lowest BCUT2D eigenvalue weighted by molar-refractivity contribution is 0.985. The van der Waals surface area contributed by atoms with E-state index in [1.54, 1.807) is 0 Å². The van der Waals surface area contributed by atoms with E-state index in [9.17, 15) is 0 Å². The number of halogens is 1. The first-order valence-electron chi connectivity index (χ1n) is 6.53. The molecule has 3 nitrogen and oxygen atoms in total. The van der Waals surface area contributed by atoms with Gasteiger partial charge < -0.3 is 11.1 Å². The molecule has 0 heterocycles. The van der Waals surface area contributed by atoms with Crippen molar-refractivity contribution in [1.82, 2.24) is 0 Å². The van der Waals surface area contributed by atoms with Gasteiger partial charge in [0.25, 0.3) is 0 Å². The number of nitrogens with one attached hydrogen (secondary N) is 1. The summed E-state index contributed by atoms with van der Waals surface area (Å²) in [4.78, 5) is 4.52. The van der Waals surface area contributed by atoms with Crippen LogP contribution in [0.2, 0.25) is 0 Å². The number of anilines is 1. The zero-order valence-electron chi connectivity index (χ0n) is 11.1. The molecule has 2 aromatic carbocycles. The van der Waals surface area contributed by atoms with Gasteiger partial charge in [0.05, 0.1) is 6.04 Å². The van der Waals surface area contributed by atoms with E-state index in [2.05, 4.69) is 34.6 Å². The standard InChI is InChI=1S/C16H17N3.HI/c17-16(18-13-9-5-2-6-10-13)19-15-11-14(15)12-7-3-1-4-8-12;/h1-10,14-15H,11H2,(H3,17,18,19);1H. The van der Waals surface area contributed by atoms with Crippen molar-refractivity contribution >= 4 is 35.6 Å². The molecule has 3 N–H and O–H groups in total. The van der Waals surface area contributed by atoms with Crippen LogP contribution in [0, 0.1) is 0 Å². The van der Waals surface area contributed by atoms with Gasteiger partial charge in [-0.1, -0.05) is 48.5 Å². The minimum atomic E-state index is 0. The van der Waals surface area contributed by atoms with Crippen LogP contribution in [0.3, 0.4) is 0 Å². The van der Waals surface area contributed by atoms with Crippen molar-refractivity contribution in [2.75, 3.05) is 5.32 Å². The average molecular weight is 379 g/mol. The number of benzene rings is 2. The summed E-state index contributed by atoms with van der Waals surface area (Å²) in [5.41, 5.74) is 8.25. The highest BCUT2D eigenvalue weighted by atomic mass is 127. The Morgan fingerprint density at radius 1 is 1.00 bits per heavy atom. The van der Waals surface area contributed by atoms with Crippen LogP contribution in [0.25, 0.3) is 0 Å². The van der Waals surface area contributed by atoms with Crippen LogP contribution in [0.5, 0.6) is 0 Å². The molecule has 4 heteroatoms. The summed E-state index contributed by atoms with van der Waals surface area (Å²) >= 11 is 0. The van der Waals surface area contributed by atoms with Crippen molar-refractivity contribution in [2.24, 2.45) is 10.7 Å². The Balaban J connectivity index is 0.00000147. The molecule has 1 fully saturated rings. The van der Waals surface area contributed by atoms with Gasteiger partial charge >= 0.3 is 0 Å². The van der Waals surface area contributed by atoms with Gasteiger partial charge in [0.1, 0.15) is 0 Å². The van der Waals surface area contributed by atoms with Gasteiger partial charge in [0, 0.05) is 11.6 Å². The molecule has 20 heavy (non-hydrogen) atoms. The summed E-state index contributed by atoms with van der Waals surface area (Å²) in [5.74, 6) is 1.02. The molecule has 1 saturated carbocycles. The van der Waals surface area contributed by atoms with Crippen LogP contribution >= 0.6 is 24.0 Å². The second-order valence-electron chi connectivity index (χ2n) is 4.83. The van der Waals surface area contributed by atoms with Crippen LogP contribution in [-0.2, 0) is 0 Å². The second-order valence-corrected chi connectivity index (χ2v) is 4.83. The Labute approximate surface area is 136 Å². The van der Waals surface area contributed by atoms with Gasteiger partial charge in [-0.15, -0.1) is 24.0 Å². The molecule has 1 aliphatic rings. The normalized spacial score (nSPS) is 20.9. The van der Waals surface area contributed by atoms with Crippen LogP contribution < -0.4 is 11.1 Å². The lowest BCUT2D eigenvalue weighted by Gasteiger charge is -2.04. The number of hydrogen-bond acceptors (Lipinski definition) is 1. The summed E-state index contributed by atoms with van der Waals surface area (Å²) in [6.07, 6.45) is 1.08. The summed E-state index contributed by atoms with van der Waals surface area (Å²) in [7, 11) is 0. The minimum Gasteiger partial charge on any atom is -0.370 e. The number of aliphatic imine (C=N–C) groups is 1. The molecule has 0 saturated heterocycles. The van der Waals surface area contributed by atoms with E-state index in [0.29, 0.717) is 17.9 Å². The predicted molar refractivity (Wildman–Crippen MR) is 94.7 cm³/mol. The molecule has 3 rings (SSSR count). The molecule has 104 valence electrons. The molecule has 1 aliphatic carbocycles. The molecule has 0 spiro atoms. The van der Waals surface area contributed by atoms with Crippen molar-refractivity contribution in [2.45, 2.75) is 18.4 Å². The maximum atomic E-state index is 5.93. The van der Waals surface area contributed by atoms with Crippen LogP contribution in [0.1, 0.15) is 17.9 Å². The Hall–Kier alpha value is -1.56. The summed E-state index contributed by atoms with van der Waals surface area (Å²) in [6.45, 7) is 0. The number of nitrogens with two attached hydrogens (primary N) is 1. The van der Waals surface area contributed by atoms with Gasteiger partial charge in [-0.05, 0) is 24.1 Å². The third-order valence-electron chi connectivity index (χ3n) is 3.34. The highest BCUT2D eigenvalue weighted by Gasteiger charge is 2.38. The Morgan fingerprint density at radius 2 is 1.60 bits per heavy atom. The first-order chi connectivity index (χ1) is 9.33. The number of hydrogen-bond donors (Lipinski definition) is 2. The number of nitrogens with zero attached hydrogens (tertiary/aromatic N) is 1. The van der Waals surface area contributed by atoms with Crippen LogP contribution in [0.15, 0.2) is 65.7 Å². The second kappa shape index (κ2) is 6.74. The summed E-state index contributed by atoms with van der Waals surface area (Å²) < 4.78 is 0. The highest BCUT2D eigenvalue weighted by molar-refractivity contribution is 14.0. The van der Waals surface area contributed by atoms with Gasteiger partial charge in [-0.2, -0.15) is 0 Å². The minimum absolute atomic E-state index is 0. The van der Waals surface area contributed by atoms with Gasteiger partial charge in [0.2, 0.25) is 0 Å². The topological polar surface area (TPSA) is 50.4 Å². The van der Waals surface area contributed by atoms with Crippen molar-refractivity contribution in [3.05, 3.63) is 66.2 Å². The van der Waals surface area contributed by atoms with E-state index in [0.717, 1.165) is 12.1 Å². The quantitative estimate of drug-likeness (QED) is 0.487. The predicted octanol–water partition coefficient (Wildman–Crippen LogP) is 3.59. The fourth-order valence-corrected chi connectivity index (χ4v) is 2.26. The number of para-hydroxylation sites is 1. The Bertz CT molecular complexity index is 569. The molecule has 0 radical (unpaired) electrons. The molecular weight excluding hydrogens is 361 g/mol. The van der Waals surface area contributed by atoms with E-state index >= 15 is 0 Å². The van der Waals surface area contributed by atoms with Crippen molar-refractivity contribution < 1.29 is 0 Å². The summed E-state index contributed by atoms with van der Waals surface area (Å²) in [5, 5.41) is 3.11. The Kier molecular flexibility index (Phi) is 5.00. The fraction of sp³-hybridized carbons (Fsp3) is 0.188. The number of guanidine groups is 1. The van der Waals surface area contributed by atoms with Gasteiger partial charge in [-0.25, -0.2) is 4.99 Å². The largest absolute Gasteiger partial charge is 0.370 e. The van der Waals surface area contributed by atoms with E-state index in [4.69, 9.17) is 5.73 Å². The van der Waals surface area contributed by atoms with Crippen LogP contribution in [-0.4, -0.2) is 12.0 Å². The fourth-order valence-electron chi connectivity index (χ4n) is 2.26. The molecule has 2 aromatic rings. The van der Waals surface area contributed by atoms with Gasteiger partial charge in [0.15, 0.2) is 5.96 Å². The lowest BCUT2D eigenvalue weighted by atomic mass is 10.1. The zero-order valence-corrected chi connectivity index (χ0v) is 13.4. The zero-order chi connectivity index (χ0) is 13.1. The maximum Gasteiger partial charge on any atom is 0.193 e. The first kappa shape index (κ1) is 14.8. The van der Waals surface area contributed by atoms with Crippen molar-refractivity contribution in [3.8, 4) is 0 Å². The Morgan fingerprint density at radius 3 is 2.25 bits per heavy atom. The lowest BCUT2D eigenvalue weighted by Crippen LogP contribution is -2.23. The van der Waals surface area contributed by atoms with Gasteiger partial charge in [-0.3, -0.25) is 0 Å². The third-order valence-corrected chi connectivity index (χ3v) is 3.34. The molecule has 2 unspecified atom stereocenters. The van der Waals surface area contributed by atoms with Crippen LogP contribution in [0.4, 0.5) is 5.69 Å². The molecule has 0 amide bonds. The summed E-state index contributed by atoms with van der Waals surface area (Å²) in [6, 6.07) is 20.7. The first-order valence-corrected chi connectivity index (χ1v) is 6.53. The molecule has 0 aliphatic heterocycles. The van der Waals surface area contributed by atoms with E-state index in [1.165, 1.54) is 5.56 Å².